The van der Waals surface area contributed by atoms with Crippen molar-refractivity contribution in [3.63, 3.8) is 0 Å². The third-order valence-corrected chi connectivity index (χ3v) is 4.70. The Morgan fingerprint density at radius 1 is 0.933 bits per heavy atom. The number of phosphoric acid groups is 1. The number of carbonyl (C=O) groups is 1. The molecule has 2 aromatic rings. The van der Waals surface area contributed by atoms with Crippen molar-refractivity contribution in [1.29, 1.82) is 0 Å². The highest BCUT2D eigenvalue weighted by Crippen LogP contribution is 2.41. The van der Waals surface area contributed by atoms with Gasteiger partial charge in [0, 0.05) is 0 Å². The van der Waals surface area contributed by atoms with E-state index in [1.165, 1.54) is 0 Å². The monoisotopic (exact) mass is 436 g/mol. The minimum Gasteiger partial charge on any atom is -0.485 e. The van der Waals surface area contributed by atoms with Gasteiger partial charge in [-0.3, -0.25) is 4.52 Å². The second kappa shape index (κ2) is 9.88. The average molecular weight is 436 g/mol. The van der Waals surface area contributed by atoms with E-state index in [1.807, 2.05) is 24.3 Å². The van der Waals surface area contributed by atoms with Crippen LogP contribution >= 0.6 is 7.82 Å². The second-order valence-corrected chi connectivity index (χ2v) is 7.58. The minimum absolute atomic E-state index is 0.0373. The maximum atomic E-state index is 12.4. The molecule has 2 atom stereocenters. The van der Waals surface area contributed by atoms with Crippen LogP contribution in [0.5, 0.6) is 0 Å². The van der Waals surface area contributed by atoms with Gasteiger partial charge in [-0.05, 0) is 11.1 Å². The number of esters is 1. The predicted octanol–water partition coefficient (Wildman–Crippen LogP) is 2.03. The van der Waals surface area contributed by atoms with Gasteiger partial charge in [0.05, 0.1) is 6.61 Å². The van der Waals surface area contributed by atoms with Crippen molar-refractivity contribution in [2.75, 3.05) is 6.61 Å². The fourth-order valence-electron chi connectivity index (χ4n) is 2.80. The van der Waals surface area contributed by atoms with Gasteiger partial charge >= 0.3 is 13.8 Å². The highest BCUT2D eigenvalue weighted by molar-refractivity contribution is 7.46. The van der Waals surface area contributed by atoms with Crippen molar-refractivity contribution in [3.8, 4) is 0 Å². The average Bonchev–Trinajstić information content (AvgIpc) is 3.05. The number of carbonyl (C=O) groups excluding carboxylic acids is 1. The van der Waals surface area contributed by atoms with Gasteiger partial charge in [-0.15, -0.1) is 0 Å². The summed E-state index contributed by atoms with van der Waals surface area (Å²) in [6, 6.07) is 18.1. The molecule has 0 bridgehead atoms. The maximum absolute atomic E-state index is 12.4. The Hall–Kier alpha value is -2.68. The molecule has 1 aliphatic heterocycles. The number of phosphoric ester groups is 1. The normalized spacial score (nSPS) is 17.6. The molecule has 160 valence electrons. The van der Waals surface area contributed by atoms with Crippen LogP contribution in [0, 0.1) is 0 Å². The molecule has 1 heterocycles. The van der Waals surface area contributed by atoms with E-state index in [-0.39, 0.29) is 24.7 Å². The molecule has 0 amide bonds. The van der Waals surface area contributed by atoms with Crippen molar-refractivity contribution in [2.45, 2.75) is 25.4 Å². The Bertz CT molecular complexity index is 924. The third kappa shape index (κ3) is 5.91. The number of rotatable bonds is 10. The zero-order valence-electron chi connectivity index (χ0n) is 15.8. The van der Waals surface area contributed by atoms with Gasteiger partial charge in [0.25, 0.3) is 0 Å². The van der Waals surface area contributed by atoms with Crippen LogP contribution < -0.4 is 0 Å². The van der Waals surface area contributed by atoms with Gasteiger partial charge in [-0.25, -0.2) is 9.36 Å². The second-order valence-electron chi connectivity index (χ2n) is 6.38. The Labute approximate surface area is 172 Å². The molecule has 2 unspecified atom stereocenters. The van der Waals surface area contributed by atoms with E-state index in [1.54, 1.807) is 36.4 Å². The highest BCUT2D eigenvalue weighted by atomic mass is 31.2. The van der Waals surface area contributed by atoms with Gasteiger partial charge in [0.2, 0.25) is 5.76 Å². The number of ether oxygens (including phenoxy) is 3. The standard InChI is InChI=1S/C20H21O9P/c21-11-16(29-30(23,24)25)17-18(26-12-14-7-3-1-4-8-14)19(20(22)28-17)27-13-15-9-5-2-6-10-15/h1-10,16-17,21H,11-13H2,(H2,23,24,25). The van der Waals surface area contributed by atoms with E-state index in [0.717, 1.165) is 11.1 Å². The Morgan fingerprint density at radius 2 is 1.47 bits per heavy atom. The van der Waals surface area contributed by atoms with Crippen molar-refractivity contribution in [2.24, 2.45) is 0 Å². The van der Waals surface area contributed by atoms with Crippen LogP contribution in [0.4, 0.5) is 0 Å². The molecular formula is C20H21O9P. The Morgan fingerprint density at radius 3 is 1.97 bits per heavy atom. The Balaban J connectivity index is 1.85. The van der Waals surface area contributed by atoms with Crippen LogP contribution in [0.1, 0.15) is 11.1 Å². The summed E-state index contributed by atoms with van der Waals surface area (Å²) >= 11 is 0. The fourth-order valence-corrected chi connectivity index (χ4v) is 3.33. The minimum atomic E-state index is -4.97. The van der Waals surface area contributed by atoms with E-state index < -0.39 is 32.6 Å². The topological polar surface area (TPSA) is 132 Å². The van der Waals surface area contributed by atoms with Gasteiger partial charge in [-0.1, -0.05) is 60.7 Å². The maximum Gasteiger partial charge on any atom is 0.470 e. The van der Waals surface area contributed by atoms with Gasteiger partial charge in [-0.2, -0.15) is 0 Å². The van der Waals surface area contributed by atoms with Gasteiger partial charge in [0.15, 0.2) is 11.9 Å². The number of aliphatic hydroxyl groups excluding tert-OH is 1. The summed E-state index contributed by atoms with van der Waals surface area (Å²) in [6.07, 6.45) is -2.93. The molecule has 3 N–H and O–H groups in total. The van der Waals surface area contributed by atoms with Crippen molar-refractivity contribution >= 4 is 13.8 Å². The molecular weight excluding hydrogens is 415 g/mol. The summed E-state index contributed by atoms with van der Waals surface area (Å²) in [6.45, 7) is -0.748. The summed E-state index contributed by atoms with van der Waals surface area (Å²) in [5.74, 6) is -1.23. The van der Waals surface area contributed by atoms with Crippen molar-refractivity contribution in [3.05, 3.63) is 83.3 Å². The molecule has 3 rings (SSSR count). The first-order valence-electron chi connectivity index (χ1n) is 9.01. The molecule has 9 nitrogen and oxygen atoms in total. The van der Waals surface area contributed by atoms with E-state index in [4.69, 9.17) is 24.0 Å². The summed E-state index contributed by atoms with van der Waals surface area (Å²) in [7, 11) is -4.97. The molecule has 0 radical (unpaired) electrons. The molecule has 0 spiro atoms. The molecule has 0 aliphatic carbocycles. The summed E-state index contributed by atoms with van der Waals surface area (Å²) < 4.78 is 32.3. The summed E-state index contributed by atoms with van der Waals surface area (Å²) in [5.41, 5.74) is 1.57. The van der Waals surface area contributed by atoms with Crippen LogP contribution in [0.2, 0.25) is 0 Å². The van der Waals surface area contributed by atoms with E-state index in [0.29, 0.717) is 0 Å². The molecule has 10 heteroatoms. The number of hydrogen-bond donors (Lipinski definition) is 3. The molecule has 0 saturated carbocycles. The quantitative estimate of drug-likeness (QED) is 0.378. The van der Waals surface area contributed by atoms with E-state index in [9.17, 15) is 14.5 Å². The van der Waals surface area contributed by atoms with E-state index in [2.05, 4.69) is 4.52 Å². The fraction of sp³-hybridized carbons (Fsp3) is 0.250. The third-order valence-electron chi connectivity index (χ3n) is 4.16. The van der Waals surface area contributed by atoms with Crippen LogP contribution in [0.3, 0.4) is 0 Å². The van der Waals surface area contributed by atoms with Gasteiger partial charge in [0.1, 0.15) is 19.3 Å². The lowest BCUT2D eigenvalue weighted by Gasteiger charge is -2.23. The molecule has 0 saturated heterocycles. The van der Waals surface area contributed by atoms with Crippen molar-refractivity contribution < 1.29 is 43.0 Å². The molecule has 0 fully saturated rings. The molecule has 1 aliphatic rings. The summed E-state index contributed by atoms with van der Waals surface area (Å²) in [5, 5.41) is 9.55. The predicted molar refractivity (Wildman–Crippen MR) is 103 cm³/mol. The number of cyclic esters (lactones) is 1. The molecule has 0 aromatic heterocycles. The zero-order chi connectivity index (χ0) is 21.6. The molecule has 30 heavy (non-hydrogen) atoms. The van der Waals surface area contributed by atoms with Gasteiger partial charge < -0.3 is 29.1 Å². The first kappa shape index (κ1) is 22.0. The highest BCUT2D eigenvalue weighted by Gasteiger charge is 2.45. The lowest BCUT2D eigenvalue weighted by molar-refractivity contribution is -0.148. The van der Waals surface area contributed by atoms with Crippen LogP contribution in [0.15, 0.2) is 72.2 Å². The number of benzene rings is 2. The van der Waals surface area contributed by atoms with Crippen LogP contribution in [-0.2, 0) is 41.3 Å². The van der Waals surface area contributed by atoms with Crippen LogP contribution in [-0.4, -0.2) is 39.7 Å². The number of aliphatic hydroxyl groups is 1. The first-order chi connectivity index (χ1) is 14.4. The van der Waals surface area contributed by atoms with Crippen LogP contribution in [0.25, 0.3) is 0 Å². The smallest absolute Gasteiger partial charge is 0.470 e. The lowest BCUT2D eigenvalue weighted by Crippen LogP contribution is -2.34. The SMILES string of the molecule is O=C1OC(C(CO)OP(=O)(O)O)C(OCc2ccccc2)=C1OCc1ccccc1. The zero-order valence-corrected chi connectivity index (χ0v) is 16.7. The first-order valence-corrected chi connectivity index (χ1v) is 10.5. The Kier molecular flexibility index (Phi) is 7.25. The molecule has 2 aromatic carbocycles. The summed E-state index contributed by atoms with van der Waals surface area (Å²) in [4.78, 5) is 30.6. The lowest BCUT2D eigenvalue weighted by atomic mass is 10.1. The van der Waals surface area contributed by atoms with E-state index >= 15 is 0 Å². The van der Waals surface area contributed by atoms with Crippen molar-refractivity contribution in [1.82, 2.24) is 0 Å². The number of hydrogen-bond acceptors (Lipinski definition) is 7. The largest absolute Gasteiger partial charge is 0.485 e.